The van der Waals surface area contributed by atoms with Crippen molar-refractivity contribution < 1.29 is 14.3 Å². The first kappa shape index (κ1) is 16.7. The number of nitriles is 1. The minimum atomic E-state index is -0.227. The zero-order chi connectivity index (χ0) is 16.7. The maximum atomic E-state index is 11.7. The van der Waals surface area contributed by atoms with Gasteiger partial charge in [-0.15, -0.1) is 0 Å². The monoisotopic (exact) mass is 317 g/mol. The smallest absolute Gasteiger partial charge is 0.251 e. The summed E-state index contributed by atoms with van der Waals surface area (Å²) in [6, 6.07) is 2.03. The molecule has 8 nitrogen and oxygen atoms in total. The largest absolute Gasteiger partial charge is 0.472 e. The Hall–Kier alpha value is -2.69. The molecule has 0 bridgehead atoms. The molecule has 1 heterocycles. The summed E-state index contributed by atoms with van der Waals surface area (Å²) in [5.41, 5.74) is 0.179. The van der Waals surface area contributed by atoms with E-state index in [1.165, 1.54) is 19.3 Å². The molecule has 122 valence electrons. The van der Waals surface area contributed by atoms with Gasteiger partial charge in [-0.05, 0) is 25.7 Å². The lowest BCUT2D eigenvalue weighted by molar-refractivity contribution is -0.125. The molecular weight excluding hydrogens is 298 g/mol. The Balaban J connectivity index is 1.77. The fourth-order valence-corrected chi connectivity index (χ4v) is 2.45. The number of aromatic nitrogens is 2. The van der Waals surface area contributed by atoms with Crippen molar-refractivity contribution in [2.45, 2.75) is 44.8 Å². The Morgan fingerprint density at radius 3 is 2.65 bits per heavy atom. The number of nitrogens with zero attached hydrogens (tertiary/aromatic N) is 3. The molecule has 0 saturated heterocycles. The zero-order valence-corrected chi connectivity index (χ0v) is 12.9. The molecule has 0 atom stereocenters. The lowest BCUT2D eigenvalue weighted by Crippen LogP contribution is -2.44. The first-order valence-electron chi connectivity index (χ1n) is 7.50. The molecule has 2 rings (SSSR count). The molecule has 2 N–H and O–H groups in total. The van der Waals surface area contributed by atoms with E-state index in [9.17, 15) is 9.59 Å². The molecule has 1 aromatic heterocycles. The van der Waals surface area contributed by atoms with Crippen molar-refractivity contribution in [2.75, 3.05) is 6.54 Å². The average Bonchev–Trinajstić information content (AvgIpc) is 2.55. The van der Waals surface area contributed by atoms with Crippen molar-refractivity contribution in [3.8, 4) is 11.9 Å². The van der Waals surface area contributed by atoms with E-state index in [0.29, 0.717) is 0 Å². The lowest BCUT2D eigenvalue weighted by atomic mass is 9.93. The van der Waals surface area contributed by atoms with Crippen LogP contribution in [0.2, 0.25) is 0 Å². The summed E-state index contributed by atoms with van der Waals surface area (Å²) in [7, 11) is 0. The van der Waals surface area contributed by atoms with Crippen LogP contribution in [0.4, 0.5) is 0 Å². The molecule has 0 aliphatic heterocycles. The van der Waals surface area contributed by atoms with Crippen LogP contribution in [0.25, 0.3) is 0 Å². The Morgan fingerprint density at radius 2 is 2.00 bits per heavy atom. The standard InChI is InChI=1S/C15H19N5O3/c1-10(21)19-9-14(22)20-11-2-4-12(5-3-11)23-15-13(8-16)17-6-7-18-15/h6-7,11-12H,2-5,9H2,1H3,(H,19,21)(H,20,22). The van der Waals surface area contributed by atoms with Crippen LogP contribution in [0.5, 0.6) is 5.88 Å². The normalized spacial score (nSPS) is 20.2. The van der Waals surface area contributed by atoms with E-state index in [-0.39, 0.29) is 42.1 Å². The molecular formula is C15H19N5O3. The Bertz CT molecular complexity index is 605. The van der Waals surface area contributed by atoms with Gasteiger partial charge in [-0.25, -0.2) is 9.97 Å². The Kier molecular flexibility index (Phi) is 5.86. The zero-order valence-electron chi connectivity index (χ0n) is 12.9. The van der Waals surface area contributed by atoms with E-state index >= 15 is 0 Å². The van der Waals surface area contributed by atoms with E-state index in [1.54, 1.807) is 0 Å². The highest BCUT2D eigenvalue weighted by atomic mass is 16.5. The number of amides is 2. The minimum absolute atomic E-state index is 0.00308. The van der Waals surface area contributed by atoms with Crippen molar-refractivity contribution >= 4 is 11.8 Å². The van der Waals surface area contributed by atoms with E-state index in [1.807, 2.05) is 6.07 Å². The molecule has 1 aliphatic rings. The summed E-state index contributed by atoms with van der Waals surface area (Å²) >= 11 is 0. The summed E-state index contributed by atoms with van der Waals surface area (Å²) in [5.74, 6) is -0.159. The van der Waals surface area contributed by atoms with Gasteiger partial charge in [0.2, 0.25) is 17.5 Å². The average molecular weight is 317 g/mol. The van der Waals surface area contributed by atoms with Crippen molar-refractivity contribution in [1.82, 2.24) is 20.6 Å². The van der Waals surface area contributed by atoms with Gasteiger partial charge < -0.3 is 15.4 Å². The molecule has 8 heteroatoms. The molecule has 0 aromatic carbocycles. The summed E-state index contributed by atoms with van der Waals surface area (Å²) in [4.78, 5) is 30.4. The predicted molar refractivity (Wildman–Crippen MR) is 80.2 cm³/mol. The maximum absolute atomic E-state index is 11.7. The number of rotatable bonds is 5. The molecule has 1 aliphatic carbocycles. The summed E-state index contributed by atoms with van der Waals surface area (Å²) in [5, 5.41) is 14.3. The number of hydrogen-bond acceptors (Lipinski definition) is 6. The first-order valence-corrected chi connectivity index (χ1v) is 7.50. The van der Waals surface area contributed by atoms with Gasteiger partial charge in [-0.3, -0.25) is 9.59 Å². The highest BCUT2D eigenvalue weighted by molar-refractivity contribution is 5.83. The van der Waals surface area contributed by atoms with Gasteiger partial charge in [0.15, 0.2) is 0 Å². The van der Waals surface area contributed by atoms with Crippen molar-refractivity contribution in [3.05, 3.63) is 18.1 Å². The van der Waals surface area contributed by atoms with Crippen LogP contribution in [0.3, 0.4) is 0 Å². The molecule has 23 heavy (non-hydrogen) atoms. The second-order valence-electron chi connectivity index (χ2n) is 5.39. The van der Waals surface area contributed by atoms with Gasteiger partial charge in [0.1, 0.15) is 12.2 Å². The lowest BCUT2D eigenvalue weighted by Gasteiger charge is -2.29. The topological polar surface area (TPSA) is 117 Å². The van der Waals surface area contributed by atoms with Crippen LogP contribution in [0.1, 0.15) is 38.3 Å². The Labute approximate surface area is 134 Å². The predicted octanol–water partition coefficient (Wildman–Crippen LogP) is 0.291. The number of hydrogen-bond donors (Lipinski definition) is 2. The molecule has 1 fully saturated rings. The van der Waals surface area contributed by atoms with Crippen molar-refractivity contribution in [2.24, 2.45) is 0 Å². The number of ether oxygens (including phenoxy) is 1. The van der Waals surface area contributed by atoms with Crippen LogP contribution >= 0.6 is 0 Å². The van der Waals surface area contributed by atoms with E-state index in [0.717, 1.165) is 25.7 Å². The van der Waals surface area contributed by atoms with Gasteiger partial charge in [0.25, 0.3) is 5.88 Å². The fourth-order valence-electron chi connectivity index (χ4n) is 2.45. The molecule has 1 saturated carbocycles. The summed E-state index contributed by atoms with van der Waals surface area (Å²) < 4.78 is 5.74. The second kappa shape index (κ2) is 8.08. The highest BCUT2D eigenvalue weighted by Crippen LogP contribution is 2.23. The van der Waals surface area contributed by atoms with E-state index < -0.39 is 0 Å². The molecule has 0 unspecified atom stereocenters. The summed E-state index contributed by atoms with van der Waals surface area (Å²) in [6.45, 7) is 1.37. The number of carbonyl (C=O) groups excluding carboxylic acids is 2. The van der Waals surface area contributed by atoms with Crippen LogP contribution in [0, 0.1) is 11.3 Å². The van der Waals surface area contributed by atoms with Gasteiger partial charge in [0, 0.05) is 25.4 Å². The third-order valence-electron chi connectivity index (χ3n) is 3.59. The number of carbonyl (C=O) groups is 2. The molecule has 0 radical (unpaired) electrons. The van der Waals surface area contributed by atoms with E-state index in [4.69, 9.17) is 10.00 Å². The van der Waals surface area contributed by atoms with Crippen LogP contribution in [-0.4, -0.2) is 40.5 Å². The molecule has 2 amide bonds. The van der Waals surface area contributed by atoms with Crippen LogP contribution < -0.4 is 15.4 Å². The fraction of sp³-hybridized carbons (Fsp3) is 0.533. The maximum Gasteiger partial charge on any atom is 0.251 e. The SMILES string of the molecule is CC(=O)NCC(=O)NC1CCC(Oc2nccnc2C#N)CC1. The van der Waals surface area contributed by atoms with Gasteiger partial charge in [0.05, 0.1) is 6.54 Å². The van der Waals surface area contributed by atoms with Gasteiger partial charge in [-0.2, -0.15) is 5.26 Å². The third-order valence-corrected chi connectivity index (χ3v) is 3.59. The highest BCUT2D eigenvalue weighted by Gasteiger charge is 2.24. The van der Waals surface area contributed by atoms with Gasteiger partial charge in [-0.1, -0.05) is 0 Å². The van der Waals surface area contributed by atoms with Crippen LogP contribution in [-0.2, 0) is 9.59 Å². The van der Waals surface area contributed by atoms with Crippen molar-refractivity contribution in [1.29, 1.82) is 5.26 Å². The third kappa shape index (κ3) is 5.21. The second-order valence-corrected chi connectivity index (χ2v) is 5.39. The van der Waals surface area contributed by atoms with Crippen LogP contribution in [0.15, 0.2) is 12.4 Å². The first-order chi connectivity index (χ1) is 11.1. The minimum Gasteiger partial charge on any atom is -0.472 e. The van der Waals surface area contributed by atoms with Gasteiger partial charge >= 0.3 is 0 Å². The molecule has 0 spiro atoms. The summed E-state index contributed by atoms with van der Waals surface area (Å²) in [6.07, 6.45) is 5.97. The Morgan fingerprint density at radius 1 is 1.30 bits per heavy atom. The van der Waals surface area contributed by atoms with Crippen molar-refractivity contribution in [3.63, 3.8) is 0 Å². The molecule has 1 aromatic rings. The van der Waals surface area contributed by atoms with E-state index in [2.05, 4.69) is 20.6 Å². The number of nitrogens with one attached hydrogen (secondary N) is 2. The quantitative estimate of drug-likeness (QED) is 0.806.